The first-order valence-electron chi connectivity index (χ1n) is 11.7. The number of rotatable bonds is 4. The number of hydrogen-bond acceptors (Lipinski definition) is 5. The summed E-state index contributed by atoms with van der Waals surface area (Å²) >= 11 is 0. The molecule has 0 fully saturated rings. The van der Waals surface area contributed by atoms with Crippen molar-refractivity contribution in [3.63, 3.8) is 0 Å². The minimum Gasteiger partial charge on any atom is -0.454 e. The molecule has 1 aromatic heterocycles. The van der Waals surface area contributed by atoms with E-state index >= 15 is 0 Å². The summed E-state index contributed by atoms with van der Waals surface area (Å²) in [6, 6.07) is 14.8. The van der Waals surface area contributed by atoms with E-state index in [0.717, 1.165) is 55.8 Å². The second-order valence-corrected chi connectivity index (χ2v) is 9.15. The SMILES string of the molecule is Cn1nc(C(=O)N2CCc3ccccc3C2)c2c1CC[C@H](NCc1ccc3c(c1)OCO3)C2. The van der Waals surface area contributed by atoms with Crippen molar-refractivity contribution < 1.29 is 14.3 Å². The van der Waals surface area contributed by atoms with Gasteiger partial charge in [0.25, 0.3) is 5.91 Å². The van der Waals surface area contributed by atoms with E-state index in [0.29, 0.717) is 18.3 Å². The zero-order chi connectivity index (χ0) is 22.4. The highest BCUT2D eigenvalue weighted by atomic mass is 16.7. The van der Waals surface area contributed by atoms with E-state index in [9.17, 15) is 4.79 Å². The molecule has 1 atom stereocenters. The summed E-state index contributed by atoms with van der Waals surface area (Å²) in [5, 5.41) is 8.36. The van der Waals surface area contributed by atoms with Gasteiger partial charge in [0.2, 0.25) is 6.79 Å². The Kier molecular flexibility index (Phi) is 5.06. The van der Waals surface area contributed by atoms with Crippen molar-refractivity contribution in [2.75, 3.05) is 13.3 Å². The highest BCUT2D eigenvalue weighted by molar-refractivity contribution is 5.94. The molecule has 170 valence electrons. The van der Waals surface area contributed by atoms with Gasteiger partial charge in [0.05, 0.1) is 0 Å². The molecule has 0 saturated carbocycles. The molecule has 6 rings (SSSR count). The molecule has 3 heterocycles. The lowest BCUT2D eigenvalue weighted by molar-refractivity contribution is 0.0726. The average molecular weight is 445 g/mol. The van der Waals surface area contributed by atoms with Gasteiger partial charge in [-0.25, -0.2) is 0 Å². The summed E-state index contributed by atoms with van der Waals surface area (Å²) in [5.74, 6) is 1.67. The number of aromatic nitrogens is 2. The third-order valence-corrected chi connectivity index (χ3v) is 7.11. The fourth-order valence-corrected chi connectivity index (χ4v) is 5.27. The second kappa shape index (κ2) is 8.23. The Labute approximate surface area is 193 Å². The summed E-state index contributed by atoms with van der Waals surface area (Å²) in [6.45, 7) is 2.44. The van der Waals surface area contributed by atoms with Crippen LogP contribution < -0.4 is 14.8 Å². The van der Waals surface area contributed by atoms with Crippen LogP contribution >= 0.6 is 0 Å². The molecule has 1 aliphatic carbocycles. The number of nitrogens with zero attached hydrogens (tertiary/aromatic N) is 3. The molecule has 3 aliphatic rings. The van der Waals surface area contributed by atoms with Crippen LogP contribution in [0.25, 0.3) is 0 Å². The topological polar surface area (TPSA) is 68.6 Å². The van der Waals surface area contributed by atoms with Gasteiger partial charge in [-0.1, -0.05) is 30.3 Å². The first-order chi connectivity index (χ1) is 16.2. The van der Waals surface area contributed by atoms with Gasteiger partial charge in [0.15, 0.2) is 17.2 Å². The summed E-state index contributed by atoms with van der Waals surface area (Å²) < 4.78 is 12.8. The number of hydrogen-bond donors (Lipinski definition) is 1. The van der Waals surface area contributed by atoms with Crippen LogP contribution in [0.5, 0.6) is 11.5 Å². The molecule has 0 bridgehead atoms. The van der Waals surface area contributed by atoms with E-state index < -0.39 is 0 Å². The molecule has 2 aliphatic heterocycles. The fraction of sp³-hybridized carbons (Fsp3) is 0.385. The van der Waals surface area contributed by atoms with Gasteiger partial charge in [-0.05, 0) is 54.5 Å². The Bertz CT molecular complexity index is 1220. The van der Waals surface area contributed by atoms with Crippen molar-refractivity contribution in [3.05, 3.63) is 76.1 Å². The molecule has 2 aromatic carbocycles. The molecule has 0 spiro atoms. The zero-order valence-corrected chi connectivity index (χ0v) is 18.8. The largest absolute Gasteiger partial charge is 0.454 e. The van der Waals surface area contributed by atoms with Gasteiger partial charge in [0.1, 0.15) is 0 Å². The van der Waals surface area contributed by atoms with Gasteiger partial charge in [-0.3, -0.25) is 9.48 Å². The quantitative estimate of drug-likeness (QED) is 0.670. The van der Waals surface area contributed by atoms with Crippen molar-refractivity contribution >= 4 is 5.91 Å². The molecule has 7 heteroatoms. The number of ether oxygens (including phenoxy) is 2. The average Bonchev–Trinajstić information content (AvgIpc) is 3.45. The Hall–Kier alpha value is -3.32. The first-order valence-corrected chi connectivity index (χ1v) is 11.7. The van der Waals surface area contributed by atoms with Crippen molar-refractivity contribution in [1.82, 2.24) is 20.0 Å². The van der Waals surface area contributed by atoms with Crippen molar-refractivity contribution in [1.29, 1.82) is 0 Å². The van der Waals surface area contributed by atoms with Crippen LogP contribution in [-0.4, -0.2) is 40.0 Å². The molecular formula is C26H28N4O3. The van der Waals surface area contributed by atoms with Crippen LogP contribution in [-0.2, 0) is 39.4 Å². The second-order valence-electron chi connectivity index (χ2n) is 9.15. The van der Waals surface area contributed by atoms with Crippen LogP contribution in [0.3, 0.4) is 0 Å². The predicted molar refractivity (Wildman–Crippen MR) is 123 cm³/mol. The van der Waals surface area contributed by atoms with E-state index in [1.165, 1.54) is 22.4 Å². The maximum absolute atomic E-state index is 13.5. The van der Waals surface area contributed by atoms with Crippen LogP contribution in [0.4, 0.5) is 0 Å². The third kappa shape index (κ3) is 3.76. The van der Waals surface area contributed by atoms with Crippen molar-refractivity contribution in [2.45, 2.75) is 44.8 Å². The summed E-state index contributed by atoms with van der Waals surface area (Å²) in [5.41, 5.74) is 6.68. The molecule has 0 radical (unpaired) electrons. The minimum absolute atomic E-state index is 0.0535. The summed E-state index contributed by atoms with van der Waals surface area (Å²) in [6.07, 6.45) is 3.67. The van der Waals surface area contributed by atoms with Gasteiger partial charge in [-0.2, -0.15) is 5.10 Å². The van der Waals surface area contributed by atoms with Gasteiger partial charge >= 0.3 is 0 Å². The van der Waals surface area contributed by atoms with E-state index in [1.807, 2.05) is 34.8 Å². The van der Waals surface area contributed by atoms with Crippen LogP contribution in [0, 0.1) is 0 Å². The highest BCUT2D eigenvalue weighted by Gasteiger charge is 2.31. The molecular weight excluding hydrogens is 416 g/mol. The number of nitrogens with one attached hydrogen (secondary N) is 1. The van der Waals surface area contributed by atoms with Gasteiger partial charge in [-0.15, -0.1) is 0 Å². The standard InChI is InChI=1S/C26H28N4O3/c1-29-22-8-7-20(27-14-17-6-9-23-24(12-17)33-16-32-23)13-21(22)25(28-29)26(31)30-11-10-18-4-2-3-5-19(18)15-30/h2-6,9,12,20,27H,7-8,10-11,13-16H2,1H3/t20-/m0/s1. The van der Waals surface area contributed by atoms with Gasteiger partial charge < -0.3 is 19.7 Å². The monoisotopic (exact) mass is 444 g/mol. The molecule has 3 aromatic rings. The number of amides is 1. The number of aryl methyl sites for hydroxylation is 1. The molecule has 7 nitrogen and oxygen atoms in total. The maximum Gasteiger partial charge on any atom is 0.274 e. The van der Waals surface area contributed by atoms with Crippen LogP contribution in [0.1, 0.15) is 44.9 Å². The van der Waals surface area contributed by atoms with Gasteiger partial charge in [0, 0.05) is 44.0 Å². The third-order valence-electron chi connectivity index (χ3n) is 7.11. The zero-order valence-electron chi connectivity index (χ0n) is 18.8. The number of carbonyl (C=O) groups excluding carboxylic acids is 1. The normalized spacial score (nSPS) is 18.7. The lowest BCUT2D eigenvalue weighted by Gasteiger charge is -2.29. The lowest BCUT2D eigenvalue weighted by atomic mass is 9.90. The highest BCUT2D eigenvalue weighted by Crippen LogP contribution is 2.33. The van der Waals surface area contributed by atoms with Crippen LogP contribution in [0.15, 0.2) is 42.5 Å². The molecule has 1 amide bonds. The van der Waals surface area contributed by atoms with Crippen molar-refractivity contribution in [3.8, 4) is 11.5 Å². The number of carbonyl (C=O) groups is 1. The number of benzene rings is 2. The maximum atomic E-state index is 13.5. The number of fused-ring (bicyclic) bond motifs is 3. The lowest BCUT2D eigenvalue weighted by Crippen LogP contribution is -2.38. The van der Waals surface area contributed by atoms with E-state index in [4.69, 9.17) is 9.47 Å². The fourth-order valence-electron chi connectivity index (χ4n) is 5.27. The summed E-state index contributed by atoms with van der Waals surface area (Å²) in [4.78, 5) is 15.4. The Morgan fingerprint density at radius 2 is 1.97 bits per heavy atom. The van der Waals surface area contributed by atoms with E-state index in [2.05, 4.69) is 34.7 Å². The summed E-state index contributed by atoms with van der Waals surface area (Å²) in [7, 11) is 1.96. The molecule has 0 unspecified atom stereocenters. The van der Waals surface area contributed by atoms with E-state index in [1.54, 1.807) is 0 Å². The molecule has 1 N–H and O–H groups in total. The van der Waals surface area contributed by atoms with E-state index in [-0.39, 0.29) is 12.7 Å². The molecule has 33 heavy (non-hydrogen) atoms. The van der Waals surface area contributed by atoms with Crippen LogP contribution in [0.2, 0.25) is 0 Å². The Morgan fingerprint density at radius 1 is 1.12 bits per heavy atom. The van der Waals surface area contributed by atoms with Crippen molar-refractivity contribution in [2.24, 2.45) is 7.05 Å². The Morgan fingerprint density at radius 3 is 2.88 bits per heavy atom. The molecule has 0 saturated heterocycles. The predicted octanol–water partition coefficient (Wildman–Crippen LogP) is 2.99. The first kappa shape index (κ1) is 20.3. The minimum atomic E-state index is 0.0535. The Balaban J connectivity index is 1.16. The smallest absolute Gasteiger partial charge is 0.274 e.